The maximum atomic E-state index is 11.7. The van der Waals surface area contributed by atoms with Crippen molar-refractivity contribution in [2.75, 3.05) is 38.1 Å². The lowest BCUT2D eigenvalue weighted by atomic mass is 9.98. The molecule has 5 heteroatoms. The maximum Gasteiger partial charge on any atom is 0.251 e. The third-order valence-electron chi connectivity index (χ3n) is 3.60. The molecule has 1 aromatic rings. The molecule has 1 fully saturated rings. The second-order valence-corrected chi connectivity index (χ2v) is 5.13. The Hall–Kier alpha value is -1.59. The van der Waals surface area contributed by atoms with Gasteiger partial charge in [-0.2, -0.15) is 0 Å². The summed E-state index contributed by atoms with van der Waals surface area (Å²) in [5, 5.41) is 18.1. The van der Waals surface area contributed by atoms with Crippen LogP contribution in [0, 0.1) is 5.92 Å². The fourth-order valence-corrected chi connectivity index (χ4v) is 2.36. The highest BCUT2D eigenvalue weighted by Gasteiger charge is 2.12. The Bertz CT molecular complexity index is 414. The maximum absolute atomic E-state index is 11.7. The lowest BCUT2D eigenvalue weighted by Gasteiger charge is -2.23. The van der Waals surface area contributed by atoms with Crippen LogP contribution in [0.25, 0.3) is 0 Å². The summed E-state index contributed by atoms with van der Waals surface area (Å²) in [7, 11) is 0. The molecule has 0 aliphatic carbocycles. The predicted octanol–water partition coefficient (Wildman–Crippen LogP) is 0.820. The second kappa shape index (κ2) is 7.87. The Kier molecular flexibility index (Phi) is 5.83. The summed E-state index contributed by atoms with van der Waals surface area (Å²) in [5.74, 6) is 0.577. The van der Waals surface area contributed by atoms with Crippen LogP contribution in [0.2, 0.25) is 0 Å². The minimum atomic E-state index is -0.149. The van der Waals surface area contributed by atoms with Crippen LogP contribution in [0.4, 0.5) is 5.69 Å². The van der Waals surface area contributed by atoms with Crippen LogP contribution in [-0.2, 0) is 0 Å². The lowest BCUT2D eigenvalue weighted by Crippen LogP contribution is -2.31. The van der Waals surface area contributed by atoms with Crippen molar-refractivity contribution >= 4 is 11.6 Å². The molecule has 5 nitrogen and oxygen atoms in total. The molecule has 0 saturated carbocycles. The number of aliphatic hydroxyl groups excluding tert-OH is 1. The van der Waals surface area contributed by atoms with Gasteiger partial charge in [0, 0.05) is 24.3 Å². The Balaban J connectivity index is 1.80. The molecule has 1 aromatic carbocycles. The molecule has 1 aliphatic rings. The summed E-state index contributed by atoms with van der Waals surface area (Å²) in [6.45, 7) is 3.44. The van der Waals surface area contributed by atoms with E-state index in [0.29, 0.717) is 5.56 Å². The largest absolute Gasteiger partial charge is 0.395 e. The van der Waals surface area contributed by atoms with Gasteiger partial charge in [0.1, 0.15) is 0 Å². The molecule has 2 rings (SSSR count). The van der Waals surface area contributed by atoms with Gasteiger partial charge in [0.05, 0.1) is 6.61 Å². The van der Waals surface area contributed by atoms with Gasteiger partial charge in [0.2, 0.25) is 0 Å². The fourth-order valence-electron chi connectivity index (χ4n) is 2.36. The molecule has 0 bridgehead atoms. The zero-order chi connectivity index (χ0) is 14.2. The Morgan fingerprint density at radius 1 is 1.25 bits per heavy atom. The summed E-state index contributed by atoms with van der Waals surface area (Å²) in [5.41, 5.74) is 1.66. The minimum Gasteiger partial charge on any atom is -0.395 e. The molecule has 1 heterocycles. The number of aliphatic hydroxyl groups is 1. The smallest absolute Gasteiger partial charge is 0.251 e. The van der Waals surface area contributed by atoms with Gasteiger partial charge in [-0.1, -0.05) is 0 Å². The number of amides is 1. The van der Waals surface area contributed by atoms with E-state index in [2.05, 4.69) is 16.0 Å². The van der Waals surface area contributed by atoms with Crippen molar-refractivity contribution in [3.8, 4) is 0 Å². The first kappa shape index (κ1) is 14.8. The van der Waals surface area contributed by atoms with Gasteiger partial charge in [-0.05, 0) is 56.1 Å². The average Bonchev–Trinajstić information content (AvgIpc) is 2.52. The van der Waals surface area contributed by atoms with Gasteiger partial charge in [0.15, 0.2) is 0 Å². The summed E-state index contributed by atoms with van der Waals surface area (Å²) >= 11 is 0. The summed E-state index contributed by atoms with van der Waals surface area (Å²) in [4.78, 5) is 11.7. The lowest BCUT2D eigenvalue weighted by molar-refractivity contribution is 0.0945. The third-order valence-corrected chi connectivity index (χ3v) is 3.60. The van der Waals surface area contributed by atoms with Crippen molar-refractivity contribution in [1.29, 1.82) is 0 Å². The van der Waals surface area contributed by atoms with Crippen molar-refractivity contribution < 1.29 is 9.90 Å². The second-order valence-electron chi connectivity index (χ2n) is 5.13. The highest BCUT2D eigenvalue weighted by molar-refractivity contribution is 5.94. The highest BCUT2D eigenvalue weighted by atomic mass is 16.3. The Morgan fingerprint density at radius 2 is 1.95 bits per heavy atom. The van der Waals surface area contributed by atoms with Crippen molar-refractivity contribution in [2.24, 2.45) is 5.92 Å². The van der Waals surface area contributed by atoms with Crippen LogP contribution >= 0.6 is 0 Å². The van der Waals surface area contributed by atoms with E-state index in [9.17, 15) is 4.79 Å². The van der Waals surface area contributed by atoms with E-state index in [0.717, 1.165) is 31.2 Å². The normalized spacial score (nSPS) is 15.8. The molecular formula is C15H23N3O2. The Morgan fingerprint density at radius 3 is 2.60 bits per heavy atom. The van der Waals surface area contributed by atoms with Crippen LogP contribution < -0.4 is 16.0 Å². The number of piperidine rings is 1. The number of benzene rings is 1. The first-order chi connectivity index (χ1) is 9.79. The number of hydrogen-bond acceptors (Lipinski definition) is 4. The Labute approximate surface area is 119 Å². The number of carbonyl (C=O) groups is 1. The summed E-state index contributed by atoms with van der Waals surface area (Å²) in [6, 6.07) is 7.46. The summed E-state index contributed by atoms with van der Waals surface area (Å²) < 4.78 is 0. The first-order valence-electron chi connectivity index (χ1n) is 7.23. The van der Waals surface area contributed by atoms with E-state index in [-0.39, 0.29) is 19.1 Å². The summed E-state index contributed by atoms with van der Waals surface area (Å²) in [6.07, 6.45) is 2.43. The van der Waals surface area contributed by atoms with E-state index in [1.165, 1.54) is 12.8 Å². The molecule has 0 aromatic heterocycles. The molecule has 4 N–H and O–H groups in total. The topological polar surface area (TPSA) is 73.4 Å². The molecular weight excluding hydrogens is 254 g/mol. The van der Waals surface area contributed by atoms with Crippen LogP contribution in [0.3, 0.4) is 0 Å². The van der Waals surface area contributed by atoms with Gasteiger partial charge >= 0.3 is 0 Å². The predicted molar refractivity (Wildman–Crippen MR) is 79.9 cm³/mol. The molecule has 20 heavy (non-hydrogen) atoms. The van der Waals surface area contributed by atoms with Crippen molar-refractivity contribution in [1.82, 2.24) is 10.6 Å². The molecule has 1 aliphatic heterocycles. The highest BCUT2D eigenvalue weighted by Crippen LogP contribution is 2.14. The van der Waals surface area contributed by atoms with Gasteiger partial charge in [0.25, 0.3) is 5.91 Å². The fraction of sp³-hybridized carbons (Fsp3) is 0.533. The first-order valence-corrected chi connectivity index (χ1v) is 7.23. The van der Waals surface area contributed by atoms with Crippen LogP contribution in [-0.4, -0.2) is 43.8 Å². The standard InChI is InChI=1S/C15H23N3O2/c19-10-9-17-15(20)13-1-3-14(4-2-13)18-11-12-5-7-16-8-6-12/h1-4,12,16,18-19H,5-11H2,(H,17,20). The minimum absolute atomic E-state index is 0.0401. The van der Waals surface area contributed by atoms with Crippen molar-refractivity contribution in [3.05, 3.63) is 29.8 Å². The number of nitrogens with one attached hydrogen (secondary N) is 3. The van der Waals surface area contributed by atoms with Crippen LogP contribution in [0.15, 0.2) is 24.3 Å². The SMILES string of the molecule is O=C(NCCO)c1ccc(NCC2CCNCC2)cc1. The van der Waals surface area contributed by atoms with E-state index in [1.807, 2.05) is 12.1 Å². The van der Waals surface area contributed by atoms with Gasteiger partial charge in [-0.3, -0.25) is 4.79 Å². The molecule has 110 valence electrons. The van der Waals surface area contributed by atoms with Crippen molar-refractivity contribution in [3.63, 3.8) is 0 Å². The van der Waals surface area contributed by atoms with E-state index >= 15 is 0 Å². The van der Waals surface area contributed by atoms with E-state index in [1.54, 1.807) is 12.1 Å². The molecule has 0 atom stereocenters. The third kappa shape index (κ3) is 4.51. The number of rotatable bonds is 6. The van der Waals surface area contributed by atoms with E-state index < -0.39 is 0 Å². The van der Waals surface area contributed by atoms with Gasteiger partial charge in [-0.15, -0.1) is 0 Å². The zero-order valence-electron chi connectivity index (χ0n) is 11.7. The number of anilines is 1. The molecule has 1 saturated heterocycles. The molecule has 0 radical (unpaired) electrons. The number of carbonyl (C=O) groups excluding carboxylic acids is 1. The molecule has 0 spiro atoms. The van der Waals surface area contributed by atoms with Crippen LogP contribution in [0.5, 0.6) is 0 Å². The van der Waals surface area contributed by atoms with Gasteiger partial charge in [-0.25, -0.2) is 0 Å². The quantitative estimate of drug-likeness (QED) is 0.621. The van der Waals surface area contributed by atoms with Crippen LogP contribution in [0.1, 0.15) is 23.2 Å². The molecule has 0 unspecified atom stereocenters. The van der Waals surface area contributed by atoms with Gasteiger partial charge < -0.3 is 21.1 Å². The molecule has 1 amide bonds. The number of hydrogen-bond donors (Lipinski definition) is 4. The van der Waals surface area contributed by atoms with E-state index in [4.69, 9.17) is 5.11 Å². The zero-order valence-corrected chi connectivity index (χ0v) is 11.7. The monoisotopic (exact) mass is 277 g/mol. The average molecular weight is 277 g/mol. The van der Waals surface area contributed by atoms with Crippen molar-refractivity contribution in [2.45, 2.75) is 12.8 Å².